The van der Waals surface area contributed by atoms with E-state index in [9.17, 15) is 4.79 Å². The summed E-state index contributed by atoms with van der Waals surface area (Å²) in [6, 6.07) is 2.67. The van der Waals surface area contributed by atoms with Gasteiger partial charge in [-0.15, -0.1) is 0 Å². The van der Waals surface area contributed by atoms with Crippen molar-refractivity contribution < 1.29 is 9.53 Å². The van der Waals surface area contributed by atoms with E-state index in [1.54, 1.807) is 0 Å². The van der Waals surface area contributed by atoms with Crippen molar-refractivity contribution in [2.24, 2.45) is 13.0 Å². The molecule has 0 aliphatic heterocycles. The van der Waals surface area contributed by atoms with Gasteiger partial charge in [-0.25, -0.2) is 0 Å². The van der Waals surface area contributed by atoms with Crippen LogP contribution in [0.5, 0.6) is 0 Å². The topological polar surface area (TPSA) is 43.3 Å². The van der Waals surface area contributed by atoms with Crippen LogP contribution in [-0.2, 0) is 23.1 Å². The molecule has 0 bridgehead atoms. The highest BCUT2D eigenvalue weighted by Gasteiger charge is 2.26. The van der Waals surface area contributed by atoms with Gasteiger partial charge in [-0.3, -0.25) is 4.79 Å². The third-order valence-electron chi connectivity index (χ3n) is 3.84. The Hall–Kier alpha value is -1.29. The third kappa shape index (κ3) is 4.10. The van der Waals surface area contributed by atoms with Crippen LogP contribution in [0.3, 0.4) is 0 Å². The van der Waals surface area contributed by atoms with Crippen molar-refractivity contribution in [1.82, 2.24) is 9.88 Å². The molecule has 106 valence electrons. The summed E-state index contributed by atoms with van der Waals surface area (Å²) in [6.07, 6.45) is 8.23. The molecule has 1 heterocycles. The molecule has 1 aromatic heterocycles. The van der Waals surface area contributed by atoms with Gasteiger partial charge in [-0.1, -0.05) is 0 Å². The maximum atomic E-state index is 11.6. The Balaban J connectivity index is 1.70. The Morgan fingerprint density at radius 1 is 1.42 bits per heavy atom. The summed E-state index contributed by atoms with van der Waals surface area (Å²) in [7, 11) is 2.04. The van der Waals surface area contributed by atoms with Gasteiger partial charge in [0.25, 0.3) is 0 Å². The molecule has 0 radical (unpaired) electrons. The average molecular weight is 264 g/mol. The highest BCUT2D eigenvalue weighted by atomic mass is 16.5. The molecule has 1 aliphatic rings. The average Bonchev–Trinajstić information content (AvgIpc) is 2.83. The summed E-state index contributed by atoms with van der Waals surface area (Å²) < 4.78 is 7.15. The van der Waals surface area contributed by atoms with Gasteiger partial charge in [0.15, 0.2) is 0 Å². The van der Waals surface area contributed by atoms with Crippen LogP contribution in [0.15, 0.2) is 18.5 Å². The number of aromatic nitrogens is 1. The molecule has 4 heteroatoms. The van der Waals surface area contributed by atoms with Crippen molar-refractivity contribution in [3.63, 3.8) is 0 Å². The molecule has 19 heavy (non-hydrogen) atoms. The first kappa shape index (κ1) is 14.1. The van der Waals surface area contributed by atoms with Gasteiger partial charge in [0, 0.05) is 32.0 Å². The van der Waals surface area contributed by atoms with Crippen molar-refractivity contribution >= 4 is 5.97 Å². The summed E-state index contributed by atoms with van der Waals surface area (Å²) in [5, 5.41) is 3.58. The van der Waals surface area contributed by atoms with Crippen molar-refractivity contribution in [3.8, 4) is 0 Å². The molecule has 1 aliphatic carbocycles. The van der Waals surface area contributed by atoms with Gasteiger partial charge in [-0.05, 0) is 44.2 Å². The van der Waals surface area contributed by atoms with Crippen molar-refractivity contribution in [3.05, 3.63) is 24.0 Å². The number of hydrogen-bond donors (Lipinski definition) is 1. The van der Waals surface area contributed by atoms with Crippen LogP contribution < -0.4 is 5.32 Å². The van der Waals surface area contributed by atoms with E-state index in [-0.39, 0.29) is 11.9 Å². The van der Waals surface area contributed by atoms with Gasteiger partial charge >= 0.3 is 5.97 Å². The number of ether oxygens (including phenoxy) is 1. The zero-order valence-electron chi connectivity index (χ0n) is 11.9. The Bertz CT molecular complexity index is 406. The predicted octanol–water partition coefficient (Wildman–Crippen LogP) is 2.24. The summed E-state index contributed by atoms with van der Waals surface area (Å²) in [5.74, 6) is 0.110. The van der Waals surface area contributed by atoms with Crippen LogP contribution in [0, 0.1) is 5.92 Å². The van der Waals surface area contributed by atoms with Gasteiger partial charge in [0.05, 0.1) is 12.5 Å². The third-order valence-corrected chi connectivity index (χ3v) is 3.84. The molecule has 0 saturated heterocycles. The lowest BCUT2D eigenvalue weighted by Crippen LogP contribution is -2.35. The number of hydrogen-bond acceptors (Lipinski definition) is 3. The first-order chi connectivity index (χ1) is 9.19. The molecule has 1 fully saturated rings. The van der Waals surface area contributed by atoms with E-state index in [4.69, 9.17) is 4.74 Å². The Morgan fingerprint density at radius 2 is 2.16 bits per heavy atom. The minimum Gasteiger partial charge on any atom is -0.466 e. The van der Waals surface area contributed by atoms with E-state index < -0.39 is 0 Å². The number of nitrogens with one attached hydrogen (secondary N) is 1. The van der Waals surface area contributed by atoms with E-state index in [0.29, 0.717) is 12.6 Å². The lowest BCUT2D eigenvalue weighted by molar-refractivity contribution is -0.149. The second-order valence-corrected chi connectivity index (χ2v) is 5.37. The number of esters is 1. The Labute approximate surface area is 115 Å². The first-order valence-electron chi connectivity index (χ1n) is 7.20. The van der Waals surface area contributed by atoms with Gasteiger partial charge in [0.2, 0.25) is 0 Å². The second kappa shape index (κ2) is 6.75. The Morgan fingerprint density at radius 3 is 2.74 bits per heavy atom. The smallest absolute Gasteiger partial charge is 0.308 e. The minimum atomic E-state index is -0.0102. The van der Waals surface area contributed by atoms with Crippen LogP contribution in [0.4, 0.5) is 0 Å². The van der Waals surface area contributed by atoms with Crippen LogP contribution in [-0.4, -0.2) is 23.2 Å². The monoisotopic (exact) mass is 264 g/mol. The number of carbonyl (C=O) groups excluding carboxylic acids is 1. The maximum Gasteiger partial charge on any atom is 0.308 e. The number of aryl methyl sites for hydroxylation is 1. The maximum absolute atomic E-state index is 11.6. The molecule has 1 saturated carbocycles. The van der Waals surface area contributed by atoms with E-state index in [1.807, 2.05) is 14.0 Å². The van der Waals surface area contributed by atoms with Crippen LogP contribution in [0.2, 0.25) is 0 Å². The van der Waals surface area contributed by atoms with Crippen LogP contribution in [0.1, 0.15) is 38.2 Å². The summed E-state index contributed by atoms with van der Waals surface area (Å²) in [4.78, 5) is 11.6. The predicted molar refractivity (Wildman–Crippen MR) is 74.6 cm³/mol. The van der Waals surface area contributed by atoms with Crippen molar-refractivity contribution in [2.75, 3.05) is 6.61 Å². The molecule has 0 atom stereocenters. The van der Waals surface area contributed by atoms with E-state index in [2.05, 4.69) is 28.3 Å². The van der Waals surface area contributed by atoms with Crippen LogP contribution >= 0.6 is 0 Å². The quantitative estimate of drug-likeness (QED) is 0.829. The summed E-state index contributed by atoms with van der Waals surface area (Å²) in [6.45, 7) is 3.27. The Kier molecular flexibility index (Phi) is 5.02. The second-order valence-electron chi connectivity index (χ2n) is 5.37. The van der Waals surface area contributed by atoms with Crippen molar-refractivity contribution in [1.29, 1.82) is 0 Å². The largest absolute Gasteiger partial charge is 0.466 e. The number of rotatable bonds is 5. The number of nitrogens with zero attached hydrogens (tertiary/aromatic N) is 1. The zero-order valence-corrected chi connectivity index (χ0v) is 11.9. The van der Waals surface area contributed by atoms with Gasteiger partial charge in [0.1, 0.15) is 0 Å². The SMILES string of the molecule is CCOC(=O)C1CCC(NCc2ccn(C)c2)CC1. The lowest BCUT2D eigenvalue weighted by atomic mass is 9.86. The van der Waals surface area contributed by atoms with Crippen LogP contribution in [0.25, 0.3) is 0 Å². The van der Waals surface area contributed by atoms with E-state index >= 15 is 0 Å². The fourth-order valence-corrected chi connectivity index (χ4v) is 2.72. The lowest BCUT2D eigenvalue weighted by Gasteiger charge is -2.27. The molecular formula is C15H24N2O2. The molecule has 4 nitrogen and oxygen atoms in total. The summed E-state index contributed by atoms with van der Waals surface area (Å²) >= 11 is 0. The summed E-state index contributed by atoms with van der Waals surface area (Å²) in [5.41, 5.74) is 1.31. The highest BCUT2D eigenvalue weighted by molar-refractivity contribution is 5.72. The molecule has 0 unspecified atom stereocenters. The molecule has 1 N–H and O–H groups in total. The molecule has 2 rings (SSSR count). The zero-order chi connectivity index (χ0) is 13.7. The normalized spacial score (nSPS) is 23.3. The van der Waals surface area contributed by atoms with E-state index in [0.717, 1.165) is 32.2 Å². The molecule has 0 spiro atoms. The molecule has 0 amide bonds. The van der Waals surface area contributed by atoms with Gasteiger partial charge in [-0.2, -0.15) is 0 Å². The number of carbonyl (C=O) groups is 1. The molecule has 0 aromatic carbocycles. The molecule has 1 aromatic rings. The fourth-order valence-electron chi connectivity index (χ4n) is 2.72. The van der Waals surface area contributed by atoms with Gasteiger partial charge < -0.3 is 14.6 Å². The molecular weight excluding hydrogens is 240 g/mol. The standard InChI is InChI=1S/C15H24N2O2/c1-3-19-15(18)13-4-6-14(7-5-13)16-10-12-8-9-17(2)11-12/h8-9,11,13-14,16H,3-7,10H2,1-2H3. The fraction of sp³-hybridized carbons (Fsp3) is 0.667. The minimum absolute atomic E-state index is 0.0102. The highest BCUT2D eigenvalue weighted by Crippen LogP contribution is 2.25. The van der Waals surface area contributed by atoms with Crippen molar-refractivity contribution in [2.45, 2.75) is 45.2 Å². The van der Waals surface area contributed by atoms with E-state index in [1.165, 1.54) is 5.56 Å². The first-order valence-corrected chi connectivity index (χ1v) is 7.20.